The molecule has 0 radical (unpaired) electrons. The van der Waals surface area contributed by atoms with Crippen LogP contribution in [0, 0.1) is 5.92 Å². The maximum absolute atomic E-state index is 12.5. The minimum absolute atomic E-state index is 0.0322. The molecule has 1 aromatic rings. The van der Waals surface area contributed by atoms with E-state index in [9.17, 15) is 13.2 Å². The molecule has 2 rings (SSSR count). The van der Waals surface area contributed by atoms with E-state index in [2.05, 4.69) is 31.2 Å². The monoisotopic (exact) mass is 323 g/mol. The highest BCUT2D eigenvalue weighted by atomic mass is 79.9. The second-order valence-corrected chi connectivity index (χ2v) is 5.38. The molecular weight excluding hydrogens is 311 g/mol. The van der Waals surface area contributed by atoms with Crippen LogP contribution < -0.4 is 5.32 Å². The Labute approximate surface area is 111 Å². The molecule has 0 bridgehead atoms. The zero-order chi connectivity index (χ0) is 13.2. The third-order valence-corrected chi connectivity index (χ3v) is 3.55. The molecular formula is C11H13BrF3N3. The fraction of sp³-hybridized carbons (Fsp3) is 0.636. The molecule has 1 N–H and O–H groups in total. The first-order valence-corrected chi connectivity index (χ1v) is 6.55. The van der Waals surface area contributed by atoms with Crippen LogP contribution in [0.5, 0.6) is 0 Å². The Bertz CT molecular complexity index is 386. The highest BCUT2D eigenvalue weighted by molar-refractivity contribution is 9.10. The lowest BCUT2D eigenvalue weighted by Gasteiger charge is -2.30. The summed E-state index contributed by atoms with van der Waals surface area (Å²) in [7, 11) is 0. The van der Waals surface area contributed by atoms with Gasteiger partial charge in [0.15, 0.2) is 0 Å². The van der Waals surface area contributed by atoms with Crippen molar-refractivity contribution in [1.82, 2.24) is 9.97 Å². The number of hydrogen-bond donors (Lipinski definition) is 1. The van der Waals surface area contributed by atoms with Crippen LogP contribution in [0.2, 0.25) is 0 Å². The lowest BCUT2D eigenvalue weighted by atomic mass is 9.86. The summed E-state index contributed by atoms with van der Waals surface area (Å²) in [5, 5.41) is 3.07. The van der Waals surface area contributed by atoms with Crippen LogP contribution in [-0.2, 0) is 0 Å². The van der Waals surface area contributed by atoms with E-state index in [0.29, 0.717) is 18.8 Å². The molecule has 1 aromatic heterocycles. The third kappa shape index (κ3) is 3.57. The number of nitrogens with zero attached hydrogens (tertiary/aromatic N) is 2. The summed E-state index contributed by atoms with van der Waals surface area (Å²) in [6, 6.07) is 0.0322. The standard InChI is InChI=1S/C11H13BrF3N3/c12-8-5-16-10(17-6-8)18-9-3-1-7(2-4-9)11(13,14)15/h5-7,9H,1-4H2,(H,16,17,18)/t7-,9-. The normalized spacial score (nSPS) is 24.9. The minimum atomic E-state index is -4.06. The number of hydrogen-bond acceptors (Lipinski definition) is 3. The summed E-state index contributed by atoms with van der Waals surface area (Å²) < 4.78 is 38.2. The molecule has 0 unspecified atom stereocenters. The molecule has 0 spiro atoms. The van der Waals surface area contributed by atoms with E-state index in [1.54, 1.807) is 12.4 Å². The van der Waals surface area contributed by atoms with Crippen LogP contribution in [0.25, 0.3) is 0 Å². The van der Waals surface area contributed by atoms with Crippen molar-refractivity contribution in [3.05, 3.63) is 16.9 Å². The number of rotatable bonds is 2. The van der Waals surface area contributed by atoms with Crippen LogP contribution in [0.3, 0.4) is 0 Å². The Morgan fingerprint density at radius 3 is 2.17 bits per heavy atom. The summed E-state index contributed by atoms with van der Waals surface area (Å²) >= 11 is 3.22. The van der Waals surface area contributed by atoms with Gasteiger partial charge in [-0.05, 0) is 41.6 Å². The summed E-state index contributed by atoms with van der Waals surface area (Å²) in [5.41, 5.74) is 0. The molecule has 100 valence electrons. The summed E-state index contributed by atoms with van der Waals surface area (Å²) in [6.07, 6.45) is 0.523. The molecule has 1 aliphatic carbocycles. The van der Waals surface area contributed by atoms with Gasteiger partial charge < -0.3 is 5.32 Å². The molecule has 18 heavy (non-hydrogen) atoms. The maximum Gasteiger partial charge on any atom is 0.391 e. The first-order chi connectivity index (χ1) is 8.45. The van der Waals surface area contributed by atoms with E-state index in [4.69, 9.17) is 0 Å². The van der Waals surface area contributed by atoms with E-state index in [1.807, 2.05) is 0 Å². The van der Waals surface area contributed by atoms with Crippen molar-refractivity contribution in [1.29, 1.82) is 0 Å². The van der Waals surface area contributed by atoms with Gasteiger partial charge in [-0.2, -0.15) is 13.2 Å². The molecule has 7 heteroatoms. The quantitative estimate of drug-likeness (QED) is 0.900. The molecule has 1 aliphatic rings. The van der Waals surface area contributed by atoms with E-state index in [0.717, 1.165) is 4.47 Å². The number of alkyl halides is 3. The van der Waals surface area contributed by atoms with E-state index in [1.165, 1.54) is 0 Å². The van der Waals surface area contributed by atoms with Crippen molar-refractivity contribution in [2.75, 3.05) is 5.32 Å². The van der Waals surface area contributed by atoms with Crippen molar-refractivity contribution >= 4 is 21.9 Å². The summed E-state index contributed by atoms with van der Waals surface area (Å²) in [5.74, 6) is -0.685. The van der Waals surface area contributed by atoms with Gasteiger partial charge in [0.2, 0.25) is 5.95 Å². The van der Waals surface area contributed by atoms with Crippen LogP contribution in [-0.4, -0.2) is 22.2 Å². The van der Waals surface area contributed by atoms with Crippen LogP contribution in [0.15, 0.2) is 16.9 Å². The van der Waals surface area contributed by atoms with Crippen LogP contribution in [0.4, 0.5) is 19.1 Å². The minimum Gasteiger partial charge on any atom is -0.351 e. The Kier molecular flexibility index (Phi) is 4.09. The van der Waals surface area contributed by atoms with E-state index >= 15 is 0 Å². The van der Waals surface area contributed by atoms with Gasteiger partial charge in [-0.1, -0.05) is 0 Å². The first-order valence-electron chi connectivity index (χ1n) is 5.76. The number of nitrogens with one attached hydrogen (secondary N) is 1. The number of anilines is 1. The van der Waals surface area contributed by atoms with Crippen molar-refractivity contribution in [3.63, 3.8) is 0 Å². The predicted octanol–water partition coefficient (Wildman–Crippen LogP) is 3.77. The first kappa shape index (κ1) is 13.6. The molecule has 0 atom stereocenters. The zero-order valence-electron chi connectivity index (χ0n) is 9.54. The molecule has 1 saturated carbocycles. The molecule has 0 aliphatic heterocycles. The van der Waals surface area contributed by atoms with Crippen LogP contribution >= 0.6 is 15.9 Å². The van der Waals surface area contributed by atoms with Crippen molar-refractivity contribution in [2.45, 2.75) is 37.9 Å². The molecule has 1 fully saturated rings. The molecule has 0 saturated heterocycles. The van der Waals surface area contributed by atoms with Gasteiger partial charge in [-0.3, -0.25) is 0 Å². The largest absolute Gasteiger partial charge is 0.391 e. The smallest absolute Gasteiger partial charge is 0.351 e. The zero-order valence-corrected chi connectivity index (χ0v) is 11.1. The lowest BCUT2D eigenvalue weighted by molar-refractivity contribution is -0.182. The van der Waals surface area contributed by atoms with Gasteiger partial charge in [-0.15, -0.1) is 0 Å². The maximum atomic E-state index is 12.5. The number of halogens is 4. The van der Waals surface area contributed by atoms with E-state index in [-0.39, 0.29) is 18.9 Å². The van der Waals surface area contributed by atoms with Crippen molar-refractivity contribution < 1.29 is 13.2 Å². The Balaban J connectivity index is 1.85. The molecule has 1 heterocycles. The SMILES string of the molecule is FC(F)(F)[C@H]1CC[C@H](Nc2ncc(Br)cn2)CC1. The average Bonchev–Trinajstić information content (AvgIpc) is 2.32. The summed E-state index contributed by atoms with van der Waals surface area (Å²) in [6.45, 7) is 0. The Morgan fingerprint density at radius 2 is 1.67 bits per heavy atom. The van der Waals surface area contributed by atoms with Gasteiger partial charge in [0, 0.05) is 18.4 Å². The molecule has 3 nitrogen and oxygen atoms in total. The van der Waals surface area contributed by atoms with E-state index < -0.39 is 12.1 Å². The second kappa shape index (κ2) is 5.42. The van der Waals surface area contributed by atoms with Gasteiger partial charge >= 0.3 is 6.18 Å². The molecule has 0 amide bonds. The Hall–Kier alpha value is -0.850. The average molecular weight is 324 g/mol. The third-order valence-electron chi connectivity index (χ3n) is 3.14. The fourth-order valence-electron chi connectivity index (χ4n) is 2.13. The predicted molar refractivity (Wildman–Crippen MR) is 65.2 cm³/mol. The van der Waals surface area contributed by atoms with Gasteiger partial charge in [0.25, 0.3) is 0 Å². The Morgan fingerprint density at radius 1 is 1.11 bits per heavy atom. The highest BCUT2D eigenvalue weighted by Gasteiger charge is 2.41. The highest BCUT2D eigenvalue weighted by Crippen LogP contribution is 2.37. The number of aromatic nitrogens is 2. The van der Waals surface area contributed by atoms with Gasteiger partial charge in [0.1, 0.15) is 0 Å². The topological polar surface area (TPSA) is 37.8 Å². The van der Waals surface area contributed by atoms with Crippen molar-refractivity contribution in [3.8, 4) is 0 Å². The molecule has 0 aromatic carbocycles. The van der Waals surface area contributed by atoms with Gasteiger partial charge in [-0.25, -0.2) is 9.97 Å². The van der Waals surface area contributed by atoms with Crippen molar-refractivity contribution in [2.24, 2.45) is 5.92 Å². The fourth-order valence-corrected chi connectivity index (χ4v) is 2.34. The second-order valence-electron chi connectivity index (χ2n) is 4.46. The van der Waals surface area contributed by atoms with Gasteiger partial charge in [0.05, 0.1) is 10.4 Å². The summed E-state index contributed by atoms with van der Waals surface area (Å²) in [4.78, 5) is 8.10. The lowest BCUT2D eigenvalue weighted by Crippen LogP contribution is -2.33. The van der Waals surface area contributed by atoms with Crippen LogP contribution in [0.1, 0.15) is 25.7 Å².